The predicted octanol–water partition coefficient (Wildman–Crippen LogP) is 4.16. The van der Waals surface area contributed by atoms with Crippen LogP contribution < -0.4 is 5.73 Å². The summed E-state index contributed by atoms with van der Waals surface area (Å²) >= 11 is 6.46. The Kier molecular flexibility index (Phi) is 3.82. The van der Waals surface area contributed by atoms with E-state index in [1.54, 1.807) is 18.2 Å². The number of halogens is 3. The Hall–Kier alpha value is -1.20. The first-order valence-corrected chi connectivity index (χ1v) is 6.62. The smallest absolute Gasteiger partial charge is 0.196 e. The van der Waals surface area contributed by atoms with Crippen molar-refractivity contribution in [1.29, 1.82) is 0 Å². The highest BCUT2D eigenvalue weighted by atomic mass is 79.9. The first-order chi connectivity index (χ1) is 8.47. The van der Waals surface area contributed by atoms with Gasteiger partial charge in [0.25, 0.3) is 0 Å². The van der Waals surface area contributed by atoms with Gasteiger partial charge in [0, 0.05) is 20.2 Å². The van der Waals surface area contributed by atoms with Crippen LogP contribution in [0.4, 0.5) is 10.1 Å². The Bertz CT molecular complexity index is 608. The highest BCUT2D eigenvalue weighted by Gasteiger charge is 2.15. The first kappa shape index (κ1) is 13.2. The SMILES string of the molecule is Nc1cc(Br)cc(C(=O)c2cc(Br)ccc2F)c1. The second-order valence-electron chi connectivity index (χ2n) is 3.73. The topological polar surface area (TPSA) is 43.1 Å². The molecule has 18 heavy (non-hydrogen) atoms. The molecule has 0 aromatic heterocycles. The minimum absolute atomic E-state index is 0.0156. The van der Waals surface area contributed by atoms with Crippen LogP contribution in [0.15, 0.2) is 45.3 Å². The Balaban J connectivity index is 2.51. The van der Waals surface area contributed by atoms with Crippen LogP contribution in [0.5, 0.6) is 0 Å². The molecule has 2 nitrogen and oxygen atoms in total. The number of carbonyl (C=O) groups excluding carboxylic acids is 1. The zero-order valence-electron chi connectivity index (χ0n) is 9.08. The molecule has 2 aromatic rings. The van der Waals surface area contributed by atoms with Crippen LogP contribution in [0.3, 0.4) is 0 Å². The normalized spacial score (nSPS) is 10.4. The van der Waals surface area contributed by atoms with E-state index in [0.29, 0.717) is 20.2 Å². The van der Waals surface area contributed by atoms with E-state index in [1.807, 2.05) is 0 Å². The van der Waals surface area contributed by atoms with Gasteiger partial charge in [0.15, 0.2) is 5.78 Å². The van der Waals surface area contributed by atoms with Gasteiger partial charge in [0.2, 0.25) is 0 Å². The average Bonchev–Trinajstić information content (AvgIpc) is 2.30. The van der Waals surface area contributed by atoms with E-state index >= 15 is 0 Å². The summed E-state index contributed by atoms with van der Waals surface area (Å²) in [6.45, 7) is 0. The molecule has 5 heteroatoms. The molecule has 0 aliphatic rings. The minimum Gasteiger partial charge on any atom is -0.399 e. The largest absolute Gasteiger partial charge is 0.399 e. The molecular weight excluding hydrogens is 365 g/mol. The molecule has 0 atom stereocenters. The van der Waals surface area contributed by atoms with E-state index in [2.05, 4.69) is 31.9 Å². The average molecular weight is 373 g/mol. The van der Waals surface area contributed by atoms with Crippen LogP contribution in [-0.4, -0.2) is 5.78 Å². The lowest BCUT2D eigenvalue weighted by atomic mass is 10.0. The lowest BCUT2D eigenvalue weighted by molar-refractivity contribution is 0.103. The fourth-order valence-electron chi connectivity index (χ4n) is 1.57. The third-order valence-corrected chi connectivity index (χ3v) is 3.31. The number of carbonyl (C=O) groups is 1. The number of anilines is 1. The van der Waals surface area contributed by atoms with Crippen molar-refractivity contribution >= 4 is 43.3 Å². The zero-order chi connectivity index (χ0) is 13.3. The van der Waals surface area contributed by atoms with Crippen LogP contribution in [0, 0.1) is 5.82 Å². The first-order valence-electron chi connectivity index (χ1n) is 5.03. The van der Waals surface area contributed by atoms with E-state index in [0.717, 1.165) is 0 Å². The molecule has 0 unspecified atom stereocenters. The number of nitrogen functional groups attached to an aromatic ring is 1. The van der Waals surface area contributed by atoms with E-state index in [1.165, 1.54) is 18.2 Å². The van der Waals surface area contributed by atoms with Crippen molar-refractivity contribution in [2.45, 2.75) is 0 Å². The number of hydrogen-bond donors (Lipinski definition) is 1. The van der Waals surface area contributed by atoms with Crippen molar-refractivity contribution < 1.29 is 9.18 Å². The molecule has 0 heterocycles. The maximum atomic E-state index is 13.6. The number of nitrogens with two attached hydrogens (primary N) is 1. The Labute approximate surface area is 120 Å². The molecule has 2 aromatic carbocycles. The standard InChI is InChI=1S/C13H8Br2FNO/c14-8-1-2-12(16)11(6-8)13(18)7-3-9(15)5-10(17)4-7/h1-6H,17H2. The predicted molar refractivity (Wildman–Crippen MR) is 76.1 cm³/mol. The van der Waals surface area contributed by atoms with Crippen LogP contribution in [0.2, 0.25) is 0 Å². The van der Waals surface area contributed by atoms with Crippen molar-refractivity contribution in [3.63, 3.8) is 0 Å². The number of ketones is 1. The van der Waals surface area contributed by atoms with E-state index in [9.17, 15) is 9.18 Å². The van der Waals surface area contributed by atoms with Crippen LogP contribution in [0.25, 0.3) is 0 Å². The molecule has 2 N–H and O–H groups in total. The molecule has 0 spiro atoms. The molecule has 92 valence electrons. The Morgan fingerprint density at radius 3 is 2.44 bits per heavy atom. The van der Waals surface area contributed by atoms with Gasteiger partial charge in [-0.1, -0.05) is 31.9 Å². The third-order valence-electron chi connectivity index (χ3n) is 2.36. The summed E-state index contributed by atoms with van der Waals surface area (Å²) < 4.78 is 15.0. The van der Waals surface area contributed by atoms with Gasteiger partial charge < -0.3 is 5.73 Å². The molecule has 0 aliphatic carbocycles. The lowest BCUT2D eigenvalue weighted by Crippen LogP contribution is -2.05. The van der Waals surface area contributed by atoms with Gasteiger partial charge in [-0.15, -0.1) is 0 Å². The molecule has 2 rings (SSSR count). The van der Waals surface area contributed by atoms with E-state index in [4.69, 9.17) is 5.73 Å². The molecule has 0 saturated carbocycles. The second-order valence-corrected chi connectivity index (χ2v) is 5.56. The molecule has 0 radical (unpaired) electrons. The maximum Gasteiger partial charge on any atom is 0.196 e. The summed E-state index contributed by atoms with van der Waals surface area (Å²) in [5.41, 5.74) is 6.47. The van der Waals surface area contributed by atoms with Crippen LogP contribution in [-0.2, 0) is 0 Å². The number of rotatable bonds is 2. The summed E-state index contributed by atoms with van der Waals surface area (Å²) in [5.74, 6) is -0.955. The Morgan fingerprint density at radius 1 is 1.06 bits per heavy atom. The van der Waals surface area contributed by atoms with Gasteiger partial charge in [0.1, 0.15) is 5.82 Å². The monoisotopic (exact) mass is 371 g/mol. The summed E-state index contributed by atoms with van der Waals surface area (Å²) in [4.78, 5) is 12.2. The second kappa shape index (κ2) is 5.20. The Morgan fingerprint density at radius 2 is 1.78 bits per heavy atom. The summed E-state index contributed by atoms with van der Waals surface area (Å²) in [6, 6.07) is 9.05. The molecule has 0 bridgehead atoms. The van der Waals surface area contributed by atoms with Gasteiger partial charge in [-0.2, -0.15) is 0 Å². The molecule has 0 aliphatic heterocycles. The highest BCUT2D eigenvalue weighted by molar-refractivity contribution is 9.10. The summed E-state index contributed by atoms with van der Waals surface area (Å²) in [7, 11) is 0. The van der Waals surface area contributed by atoms with Gasteiger partial charge in [-0.25, -0.2) is 4.39 Å². The quantitative estimate of drug-likeness (QED) is 0.635. The fraction of sp³-hybridized carbons (Fsp3) is 0. The number of benzene rings is 2. The van der Waals surface area contributed by atoms with Crippen molar-refractivity contribution in [3.05, 3.63) is 62.3 Å². The highest BCUT2D eigenvalue weighted by Crippen LogP contribution is 2.22. The molecule has 0 amide bonds. The molecule has 0 saturated heterocycles. The van der Waals surface area contributed by atoms with Crippen molar-refractivity contribution in [2.75, 3.05) is 5.73 Å². The van der Waals surface area contributed by atoms with Crippen LogP contribution >= 0.6 is 31.9 Å². The summed E-state index contributed by atoms with van der Waals surface area (Å²) in [6.07, 6.45) is 0. The van der Waals surface area contributed by atoms with Gasteiger partial charge in [-0.05, 0) is 36.4 Å². The van der Waals surface area contributed by atoms with Crippen LogP contribution in [0.1, 0.15) is 15.9 Å². The van der Waals surface area contributed by atoms with Gasteiger partial charge >= 0.3 is 0 Å². The summed E-state index contributed by atoms with van der Waals surface area (Å²) in [5, 5.41) is 0. The number of hydrogen-bond acceptors (Lipinski definition) is 2. The van der Waals surface area contributed by atoms with Gasteiger partial charge in [-0.3, -0.25) is 4.79 Å². The van der Waals surface area contributed by atoms with Crippen molar-refractivity contribution in [1.82, 2.24) is 0 Å². The van der Waals surface area contributed by atoms with Gasteiger partial charge in [0.05, 0.1) is 5.56 Å². The van der Waals surface area contributed by atoms with E-state index < -0.39 is 11.6 Å². The fourth-order valence-corrected chi connectivity index (χ4v) is 2.44. The van der Waals surface area contributed by atoms with Crippen molar-refractivity contribution in [3.8, 4) is 0 Å². The molecule has 0 fully saturated rings. The van der Waals surface area contributed by atoms with E-state index in [-0.39, 0.29) is 5.56 Å². The minimum atomic E-state index is -0.554. The van der Waals surface area contributed by atoms with Crippen molar-refractivity contribution in [2.24, 2.45) is 0 Å². The maximum absolute atomic E-state index is 13.6. The third kappa shape index (κ3) is 2.79. The lowest BCUT2D eigenvalue weighted by Gasteiger charge is -2.05. The molecular formula is C13H8Br2FNO. The zero-order valence-corrected chi connectivity index (χ0v) is 12.3.